The minimum atomic E-state index is -0.763. The average molecular weight is 452 g/mol. The number of carbonyl (C=O) groups excluding carboxylic acids is 3. The summed E-state index contributed by atoms with van der Waals surface area (Å²) in [5.41, 5.74) is 3.76. The Bertz CT molecular complexity index is 1180. The molecule has 1 N–H and O–H groups in total. The van der Waals surface area contributed by atoms with Gasteiger partial charge in [-0.25, -0.2) is 9.69 Å². The Labute approximate surface area is 192 Å². The molecule has 4 amide bonds. The molecular formula is C25H26ClN3O3. The van der Waals surface area contributed by atoms with Crippen molar-refractivity contribution < 1.29 is 14.4 Å². The van der Waals surface area contributed by atoms with Gasteiger partial charge in [0.15, 0.2) is 0 Å². The number of imide groups is 2. The van der Waals surface area contributed by atoms with Gasteiger partial charge in [0.1, 0.15) is 5.57 Å². The second-order valence-corrected chi connectivity index (χ2v) is 9.56. The Morgan fingerprint density at radius 3 is 2.50 bits per heavy atom. The van der Waals surface area contributed by atoms with E-state index in [2.05, 4.69) is 31.0 Å². The SMILES string of the molecule is Cc1ccccc1N1C(=O)NC(=O)/C(=C\c2cc3c(cc2Cl)N(C)C(C)(C)C[C@H]3C)C1=O. The van der Waals surface area contributed by atoms with Crippen molar-refractivity contribution in [2.45, 2.75) is 45.6 Å². The molecule has 0 spiro atoms. The number of benzene rings is 2. The van der Waals surface area contributed by atoms with Gasteiger partial charge in [-0.3, -0.25) is 14.9 Å². The molecule has 166 valence electrons. The van der Waals surface area contributed by atoms with Gasteiger partial charge in [-0.2, -0.15) is 0 Å². The first-order valence-electron chi connectivity index (χ1n) is 10.6. The first-order valence-corrected chi connectivity index (χ1v) is 10.9. The quantitative estimate of drug-likeness (QED) is 0.513. The molecule has 0 saturated carbocycles. The number of nitrogens with zero attached hydrogens (tertiary/aromatic N) is 2. The number of carbonyl (C=O) groups is 3. The van der Waals surface area contributed by atoms with Crippen LogP contribution in [-0.2, 0) is 9.59 Å². The molecule has 7 heteroatoms. The Hall–Kier alpha value is -3.12. The lowest BCUT2D eigenvalue weighted by molar-refractivity contribution is -0.122. The third-order valence-corrected chi connectivity index (χ3v) is 6.84. The molecule has 2 aromatic carbocycles. The fraction of sp³-hybridized carbons (Fsp3) is 0.320. The van der Waals surface area contributed by atoms with E-state index in [0.29, 0.717) is 16.3 Å². The van der Waals surface area contributed by atoms with Gasteiger partial charge in [0.2, 0.25) is 0 Å². The maximum atomic E-state index is 13.2. The molecule has 2 aliphatic rings. The van der Waals surface area contributed by atoms with Crippen LogP contribution >= 0.6 is 11.6 Å². The van der Waals surface area contributed by atoms with Crippen molar-refractivity contribution in [3.05, 3.63) is 63.7 Å². The minimum Gasteiger partial charge on any atom is -0.369 e. The normalized spacial score (nSPS) is 21.6. The topological polar surface area (TPSA) is 69.7 Å². The minimum absolute atomic E-state index is 0.0106. The summed E-state index contributed by atoms with van der Waals surface area (Å²) in [5, 5.41) is 2.71. The molecule has 4 rings (SSSR count). The fourth-order valence-corrected chi connectivity index (χ4v) is 4.77. The third kappa shape index (κ3) is 3.58. The molecule has 0 unspecified atom stereocenters. The van der Waals surface area contributed by atoms with Gasteiger partial charge in [0.05, 0.1) is 5.69 Å². The van der Waals surface area contributed by atoms with Gasteiger partial charge < -0.3 is 4.90 Å². The van der Waals surface area contributed by atoms with Crippen LogP contribution < -0.4 is 15.1 Å². The number of para-hydroxylation sites is 1. The number of aryl methyl sites for hydroxylation is 1. The molecule has 0 radical (unpaired) electrons. The predicted octanol–water partition coefficient (Wildman–Crippen LogP) is 5.04. The molecule has 0 aromatic heterocycles. The summed E-state index contributed by atoms with van der Waals surface area (Å²) >= 11 is 6.59. The summed E-state index contributed by atoms with van der Waals surface area (Å²) in [6.07, 6.45) is 2.44. The number of barbiturate groups is 1. The molecule has 2 aromatic rings. The number of urea groups is 1. The van der Waals surface area contributed by atoms with E-state index in [1.807, 2.05) is 25.2 Å². The maximum Gasteiger partial charge on any atom is 0.335 e. The smallest absolute Gasteiger partial charge is 0.335 e. The van der Waals surface area contributed by atoms with Crippen LogP contribution in [0.25, 0.3) is 6.08 Å². The Balaban J connectivity index is 1.79. The predicted molar refractivity (Wildman–Crippen MR) is 127 cm³/mol. The van der Waals surface area contributed by atoms with E-state index < -0.39 is 17.8 Å². The lowest BCUT2D eigenvalue weighted by Gasteiger charge is -2.45. The van der Waals surface area contributed by atoms with Gasteiger partial charge in [-0.05, 0) is 74.1 Å². The summed E-state index contributed by atoms with van der Waals surface area (Å²) in [4.78, 5) is 41.5. The lowest BCUT2D eigenvalue weighted by atomic mass is 9.80. The Kier molecular flexibility index (Phi) is 5.37. The molecule has 1 atom stereocenters. The molecular weight excluding hydrogens is 426 g/mol. The number of rotatable bonds is 2. The summed E-state index contributed by atoms with van der Waals surface area (Å²) in [5.74, 6) is -1.12. The van der Waals surface area contributed by atoms with Crippen LogP contribution in [0, 0.1) is 6.92 Å². The second-order valence-electron chi connectivity index (χ2n) is 9.15. The molecule has 2 heterocycles. The maximum absolute atomic E-state index is 13.2. The molecule has 32 heavy (non-hydrogen) atoms. The monoisotopic (exact) mass is 451 g/mol. The zero-order valence-electron chi connectivity index (χ0n) is 18.8. The van der Waals surface area contributed by atoms with Crippen LogP contribution in [0.3, 0.4) is 0 Å². The molecule has 0 aliphatic carbocycles. The fourth-order valence-electron chi connectivity index (χ4n) is 4.56. The van der Waals surface area contributed by atoms with Crippen LogP contribution in [0.1, 0.15) is 49.8 Å². The molecule has 1 fully saturated rings. The van der Waals surface area contributed by atoms with Crippen molar-refractivity contribution in [3.8, 4) is 0 Å². The van der Waals surface area contributed by atoms with Crippen molar-refractivity contribution in [2.24, 2.45) is 0 Å². The third-order valence-electron chi connectivity index (χ3n) is 6.51. The standard InChI is InChI=1S/C25H26ClN3O3/c1-14-8-6-7-9-20(14)29-23(31)18(22(30)27-24(29)32)11-16-10-17-15(2)13-25(3,4)28(5)21(17)12-19(16)26/h6-12,15H,13H2,1-5H3,(H,27,30,32)/b18-11+/t15-/m1/s1. The summed E-state index contributed by atoms with van der Waals surface area (Å²) in [6, 6.07) is 10.1. The van der Waals surface area contributed by atoms with Crippen LogP contribution in [0.5, 0.6) is 0 Å². The number of hydrogen-bond acceptors (Lipinski definition) is 4. The molecule has 6 nitrogen and oxygen atoms in total. The van der Waals surface area contributed by atoms with E-state index in [1.54, 1.807) is 25.1 Å². The Morgan fingerprint density at radius 1 is 1.12 bits per heavy atom. The van der Waals surface area contributed by atoms with Crippen LogP contribution in [0.15, 0.2) is 42.0 Å². The summed E-state index contributed by atoms with van der Waals surface area (Å²) < 4.78 is 0. The van der Waals surface area contributed by atoms with E-state index in [9.17, 15) is 14.4 Å². The van der Waals surface area contributed by atoms with Gasteiger partial charge in [-0.15, -0.1) is 0 Å². The highest BCUT2D eigenvalue weighted by atomic mass is 35.5. The average Bonchev–Trinajstić information content (AvgIpc) is 2.71. The van der Waals surface area contributed by atoms with Crippen molar-refractivity contribution in [3.63, 3.8) is 0 Å². The zero-order chi connectivity index (χ0) is 23.4. The summed E-state index contributed by atoms with van der Waals surface area (Å²) in [7, 11) is 2.04. The van der Waals surface area contributed by atoms with E-state index in [0.717, 1.165) is 28.1 Å². The Morgan fingerprint density at radius 2 is 1.81 bits per heavy atom. The molecule has 0 bridgehead atoms. The van der Waals surface area contributed by atoms with E-state index in [-0.39, 0.29) is 17.0 Å². The number of nitrogens with one attached hydrogen (secondary N) is 1. The van der Waals surface area contributed by atoms with Crippen molar-refractivity contribution in [1.82, 2.24) is 5.32 Å². The van der Waals surface area contributed by atoms with Gasteiger partial charge in [0.25, 0.3) is 11.8 Å². The van der Waals surface area contributed by atoms with Gasteiger partial charge in [-0.1, -0.05) is 36.7 Å². The highest BCUT2D eigenvalue weighted by Gasteiger charge is 2.38. The number of hydrogen-bond donors (Lipinski definition) is 1. The number of fused-ring (bicyclic) bond motifs is 1. The zero-order valence-corrected chi connectivity index (χ0v) is 19.6. The molecule has 2 aliphatic heterocycles. The van der Waals surface area contributed by atoms with E-state index >= 15 is 0 Å². The first kappa shape index (κ1) is 22.1. The summed E-state index contributed by atoms with van der Waals surface area (Å²) in [6.45, 7) is 8.35. The van der Waals surface area contributed by atoms with Crippen LogP contribution in [-0.4, -0.2) is 30.4 Å². The van der Waals surface area contributed by atoms with Crippen LogP contribution in [0.4, 0.5) is 16.2 Å². The van der Waals surface area contributed by atoms with Crippen LogP contribution in [0.2, 0.25) is 5.02 Å². The molecule has 1 saturated heterocycles. The van der Waals surface area contributed by atoms with Crippen molar-refractivity contribution in [2.75, 3.05) is 16.8 Å². The first-order chi connectivity index (χ1) is 15.0. The number of halogens is 1. The van der Waals surface area contributed by atoms with Gasteiger partial charge >= 0.3 is 6.03 Å². The van der Waals surface area contributed by atoms with Gasteiger partial charge in [0, 0.05) is 23.3 Å². The van der Waals surface area contributed by atoms with E-state index in [1.165, 1.54) is 6.08 Å². The number of amides is 4. The van der Waals surface area contributed by atoms with E-state index in [4.69, 9.17) is 11.6 Å². The van der Waals surface area contributed by atoms with Crippen molar-refractivity contribution >= 4 is 46.9 Å². The highest BCUT2D eigenvalue weighted by Crippen LogP contribution is 2.44. The highest BCUT2D eigenvalue weighted by molar-refractivity contribution is 6.40. The number of anilines is 2. The largest absolute Gasteiger partial charge is 0.369 e. The van der Waals surface area contributed by atoms with Crippen molar-refractivity contribution in [1.29, 1.82) is 0 Å². The lowest BCUT2D eigenvalue weighted by Crippen LogP contribution is -2.54. The second kappa shape index (κ2) is 7.78.